The highest BCUT2D eigenvalue weighted by atomic mass is 32.1. The quantitative estimate of drug-likeness (QED) is 0.291. The second-order valence-electron chi connectivity index (χ2n) is 6.57. The molecule has 0 aliphatic heterocycles. The van der Waals surface area contributed by atoms with Crippen LogP contribution in [0.3, 0.4) is 0 Å². The fourth-order valence-corrected chi connectivity index (χ4v) is 4.50. The Morgan fingerprint density at radius 1 is 0.926 bits per heavy atom. The minimum Gasteiger partial charge on any atom is -0.516 e. The molecule has 2 heteroatoms. The first-order valence-electron chi connectivity index (χ1n) is 8.86. The van der Waals surface area contributed by atoms with Crippen molar-refractivity contribution in [2.45, 2.75) is 6.92 Å². The number of hydrogen-bond donors (Lipinski definition) is 1. The van der Waals surface area contributed by atoms with Crippen LogP contribution in [-0.4, -0.2) is 5.11 Å². The highest BCUT2D eigenvalue weighted by Crippen LogP contribution is 2.37. The lowest BCUT2D eigenvalue weighted by Gasteiger charge is -2.06. The van der Waals surface area contributed by atoms with Crippen molar-refractivity contribution in [3.8, 4) is 0 Å². The lowest BCUT2D eigenvalue weighted by molar-refractivity contribution is 0.474. The molecule has 0 amide bonds. The molecule has 0 saturated heterocycles. The summed E-state index contributed by atoms with van der Waals surface area (Å²) in [6.45, 7) is 6.35. The van der Waals surface area contributed by atoms with Crippen LogP contribution in [0.4, 0.5) is 0 Å². The van der Waals surface area contributed by atoms with Crippen molar-refractivity contribution < 1.29 is 5.11 Å². The predicted molar refractivity (Wildman–Crippen MR) is 119 cm³/mol. The largest absolute Gasteiger partial charge is 0.516 e. The maximum Gasteiger partial charge on any atom is 0.0797 e. The third-order valence-corrected chi connectivity index (χ3v) is 6.08. The van der Waals surface area contributed by atoms with E-state index in [9.17, 15) is 5.11 Å². The lowest BCUT2D eigenvalue weighted by atomic mass is 9.98. The van der Waals surface area contributed by atoms with Crippen LogP contribution in [0.15, 0.2) is 91.7 Å². The molecule has 0 bridgehead atoms. The first-order valence-corrected chi connectivity index (χ1v) is 9.68. The van der Waals surface area contributed by atoms with Gasteiger partial charge in [-0.05, 0) is 59.0 Å². The number of benzene rings is 3. The van der Waals surface area contributed by atoms with E-state index in [1.54, 1.807) is 6.08 Å². The summed E-state index contributed by atoms with van der Waals surface area (Å²) < 4.78 is 2.61. The van der Waals surface area contributed by atoms with Gasteiger partial charge in [0.25, 0.3) is 0 Å². The second-order valence-corrected chi connectivity index (χ2v) is 7.62. The number of aliphatic hydroxyl groups is 1. The molecule has 1 aromatic heterocycles. The Balaban J connectivity index is 1.84. The van der Waals surface area contributed by atoms with Gasteiger partial charge in [-0.25, -0.2) is 0 Å². The summed E-state index contributed by atoms with van der Waals surface area (Å²) in [5.74, 6) is 0. The summed E-state index contributed by atoms with van der Waals surface area (Å²) in [6, 6.07) is 23.0. The van der Waals surface area contributed by atoms with Crippen LogP contribution in [0, 0.1) is 6.92 Å². The summed E-state index contributed by atoms with van der Waals surface area (Å²) >= 11 is 1.83. The monoisotopic (exact) mass is 368 g/mol. The van der Waals surface area contributed by atoms with Gasteiger partial charge in [0, 0.05) is 20.2 Å². The number of fused-ring (bicyclic) bond motifs is 3. The van der Waals surface area contributed by atoms with E-state index in [2.05, 4.69) is 49.9 Å². The average molecular weight is 369 g/mol. The summed E-state index contributed by atoms with van der Waals surface area (Å²) in [5.41, 5.74) is 5.28. The number of aliphatic hydroxyl groups excluding tert-OH is 1. The van der Waals surface area contributed by atoms with Gasteiger partial charge in [0.05, 0.1) is 6.26 Å². The van der Waals surface area contributed by atoms with Crippen molar-refractivity contribution >= 4 is 42.7 Å². The van der Waals surface area contributed by atoms with Crippen LogP contribution in [-0.2, 0) is 0 Å². The van der Waals surface area contributed by atoms with E-state index in [1.807, 2.05) is 47.7 Å². The third-order valence-electron chi connectivity index (χ3n) is 4.76. The molecule has 0 aliphatic rings. The molecule has 0 saturated carbocycles. The number of thiophene rings is 1. The molecule has 0 spiro atoms. The zero-order valence-electron chi connectivity index (χ0n) is 15.1. The molecule has 4 aromatic rings. The van der Waals surface area contributed by atoms with Crippen molar-refractivity contribution in [1.82, 2.24) is 0 Å². The molecule has 1 N–H and O–H groups in total. The summed E-state index contributed by atoms with van der Waals surface area (Å²) in [5, 5.41) is 11.9. The zero-order valence-corrected chi connectivity index (χ0v) is 16.0. The molecule has 0 unspecified atom stereocenters. The maximum atomic E-state index is 9.41. The SMILES string of the molecule is C=C(/C=C(\C=C/O)c1ccc2sc3c(C)cccc3c2c1)c1ccccc1. The topological polar surface area (TPSA) is 20.2 Å². The Hall–Kier alpha value is -3.10. The van der Waals surface area contributed by atoms with E-state index in [0.29, 0.717) is 0 Å². The first kappa shape index (κ1) is 17.3. The minimum absolute atomic E-state index is 0.912. The molecular weight excluding hydrogens is 348 g/mol. The molecule has 0 atom stereocenters. The number of hydrogen-bond acceptors (Lipinski definition) is 2. The van der Waals surface area contributed by atoms with E-state index in [4.69, 9.17) is 0 Å². The van der Waals surface area contributed by atoms with Crippen LogP contribution >= 0.6 is 11.3 Å². The zero-order chi connectivity index (χ0) is 18.8. The van der Waals surface area contributed by atoms with E-state index < -0.39 is 0 Å². The Morgan fingerprint density at radius 3 is 2.52 bits per heavy atom. The third kappa shape index (κ3) is 3.32. The molecule has 3 aromatic carbocycles. The van der Waals surface area contributed by atoms with Crippen LogP contribution in [0.1, 0.15) is 16.7 Å². The minimum atomic E-state index is 0.912. The molecule has 0 radical (unpaired) electrons. The van der Waals surface area contributed by atoms with Crippen molar-refractivity contribution in [3.05, 3.63) is 108 Å². The highest BCUT2D eigenvalue weighted by molar-refractivity contribution is 7.26. The van der Waals surface area contributed by atoms with Crippen LogP contribution in [0.25, 0.3) is 31.3 Å². The maximum absolute atomic E-state index is 9.41. The van der Waals surface area contributed by atoms with Gasteiger partial charge in [-0.15, -0.1) is 11.3 Å². The van der Waals surface area contributed by atoms with Crippen molar-refractivity contribution in [3.63, 3.8) is 0 Å². The van der Waals surface area contributed by atoms with Gasteiger partial charge in [0.15, 0.2) is 0 Å². The van der Waals surface area contributed by atoms with Crippen LogP contribution < -0.4 is 0 Å². The van der Waals surface area contributed by atoms with Crippen LogP contribution in [0.5, 0.6) is 0 Å². The lowest BCUT2D eigenvalue weighted by Crippen LogP contribution is -1.84. The molecular formula is C25H20OS. The van der Waals surface area contributed by atoms with Crippen molar-refractivity contribution in [2.24, 2.45) is 0 Å². The van der Waals surface area contributed by atoms with E-state index in [-0.39, 0.29) is 0 Å². The number of rotatable bonds is 4. The summed E-state index contributed by atoms with van der Waals surface area (Å²) in [4.78, 5) is 0. The molecule has 1 nitrogen and oxygen atoms in total. The van der Waals surface area contributed by atoms with Gasteiger partial charge in [0.2, 0.25) is 0 Å². The normalized spacial score (nSPS) is 12.3. The Bertz CT molecular complexity index is 1190. The fraction of sp³-hybridized carbons (Fsp3) is 0.0400. The molecule has 1 heterocycles. The second kappa shape index (κ2) is 7.26. The van der Waals surface area contributed by atoms with Gasteiger partial charge in [0.1, 0.15) is 0 Å². The van der Waals surface area contributed by atoms with Gasteiger partial charge >= 0.3 is 0 Å². The average Bonchev–Trinajstić information content (AvgIpc) is 3.08. The van der Waals surface area contributed by atoms with E-state index in [0.717, 1.165) is 28.5 Å². The van der Waals surface area contributed by atoms with Crippen molar-refractivity contribution in [2.75, 3.05) is 0 Å². The van der Waals surface area contributed by atoms with E-state index in [1.165, 1.54) is 25.7 Å². The Morgan fingerprint density at radius 2 is 1.74 bits per heavy atom. The number of aryl methyl sites for hydroxylation is 1. The van der Waals surface area contributed by atoms with Crippen LogP contribution in [0.2, 0.25) is 0 Å². The standard InChI is InChI=1S/C25H20OS/c1-17-7-6-10-22-23-16-20(11-12-24(23)27-25(17)22)21(13-14-26)15-18(2)19-8-4-3-5-9-19/h3-16,26H,2H2,1H3/b14-13-,21-15+. The number of allylic oxidation sites excluding steroid dienone is 4. The van der Waals surface area contributed by atoms with Gasteiger partial charge in [-0.2, -0.15) is 0 Å². The highest BCUT2D eigenvalue weighted by Gasteiger charge is 2.09. The smallest absolute Gasteiger partial charge is 0.0797 e. The molecule has 27 heavy (non-hydrogen) atoms. The molecule has 4 rings (SSSR count). The Kier molecular flexibility index (Phi) is 4.66. The van der Waals surface area contributed by atoms with E-state index >= 15 is 0 Å². The Labute approximate surface area is 163 Å². The molecule has 0 aliphatic carbocycles. The molecule has 132 valence electrons. The first-order chi connectivity index (χ1) is 13.2. The summed E-state index contributed by atoms with van der Waals surface area (Å²) in [6.07, 6.45) is 4.82. The molecule has 0 fully saturated rings. The van der Waals surface area contributed by atoms with Crippen molar-refractivity contribution in [1.29, 1.82) is 0 Å². The summed E-state index contributed by atoms with van der Waals surface area (Å²) in [7, 11) is 0. The van der Waals surface area contributed by atoms with Gasteiger partial charge in [-0.3, -0.25) is 0 Å². The van der Waals surface area contributed by atoms with Gasteiger partial charge < -0.3 is 5.11 Å². The van der Waals surface area contributed by atoms with Gasteiger partial charge in [-0.1, -0.05) is 61.2 Å². The predicted octanol–water partition coefficient (Wildman–Crippen LogP) is 7.53. The fourth-order valence-electron chi connectivity index (χ4n) is 3.35.